The van der Waals surface area contributed by atoms with Gasteiger partial charge in [0.05, 0.1) is 6.54 Å². The number of ether oxygens (including phenoxy) is 1. The molecule has 0 bridgehead atoms. The topological polar surface area (TPSA) is 83.0 Å². The molecule has 1 atom stereocenters. The number of hydrogen-bond acceptors (Lipinski definition) is 5. The van der Waals surface area contributed by atoms with Gasteiger partial charge in [-0.2, -0.15) is 5.10 Å². The van der Waals surface area contributed by atoms with E-state index in [1.54, 1.807) is 0 Å². The molecule has 0 saturated carbocycles. The number of rotatable bonds is 5. The third-order valence-electron chi connectivity index (χ3n) is 2.38. The van der Waals surface area contributed by atoms with E-state index in [4.69, 9.17) is 10.5 Å². The number of carbonyl (C=O) groups excluding carboxylic acids is 1. The van der Waals surface area contributed by atoms with Gasteiger partial charge in [0.1, 0.15) is 25.3 Å². The highest BCUT2D eigenvalue weighted by molar-refractivity contribution is 5.75. The summed E-state index contributed by atoms with van der Waals surface area (Å²) in [6.45, 7) is 0.484. The average molecular weight is 246 g/mol. The maximum absolute atomic E-state index is 11.6. The molecule has 2 rings (SSSR count). The molecule has 94 valence electrons. The number of carbonyl (C=O) groups is 1. The molecule has 18 heavy (non-hydrogen) atoms. The Morgan fingerprint density at radius 3 is 2.83 bits per heavy atom. The Morgan fingerprint density at radius 2 is 2.17 bits per heavy atom. The zero-order valence-corrected chi connectivity index (χ0v) is 9.77. The van der Waals surface area contributed by atoms with E-state index in [0.717, 1.165) is 5.56 Å². The van der Waals surface area contributed by atoms with E-state index in [1.165, 1.54) is 17.3 Å². The summed E-state index contributed by atoms with van der Waals surface area (Å²) in [5, 5.41) is 3.87. The molecule has 0 aliphatic heterocycles. The van der Waals surface area contributed by atoms with Crippen molar-refractivity contribution in [1.82, 2.24) is 14.8 Å². The predicted molar refractivity (Wildman–Crippen MR) is 64.2 cm³/mol. The van der Waals surface area contributed by atoms with Crippen molar-refractivity contribution in [2.75, 3.05) is 0 Å². The summed E-state index contributed by atoms with van der Waals surface area (Å²) in [7, 11) is 0. The summed E-state index contributed by atoms with van der Waals surface area (Å²) in [6, 6.07) is 8.71. The smallest absolute Gasteiger partial charge is 0.325 e. The van der Waals surface area contributed by atoms with Gasteiger partial charge in [-0.15, -0.1) is 0 Å². The molecular formula is C12H14N4O2. The summed E-state index contributed by atoms with van der Waals surface area (Å²) < 4.78 is 6.61. The van der Waals surface area contributed by atoms with Gasteiger partial charge in [-0.05, 0) is 5.56 Å². The molecule has 1 unspecified atom stereocenters. The second-order valence-electron chi connectivity index (χ2n) is 3.82. The predicted octanol–water partition coefficient (Wildman–Crippen LogP) is 0.349. The Labute approximate surface area is 104 Å². The lowest BCUT2D eigenvalue weighted by atomic mass is 10.2. The summed E-state index contributed by atoms with van der Waals surface area (Å²) in [4.78, 5) is 15.4. The second-order valence-corrected chi connectivity index (χ2v) is 3.82. The van der Waals surface area contributed by atoms with Gasteiger partial charge < -0.3 is 10.5 Å². The van der Waals surface area contributed by atoms with Crippen molar-refractivity contribution < 1.29 is 9.53 Å². The fourth-order valence-electron chi connectivity index (χ4n) is 1.44. The van der Waals surface area contributed by atoms with Gasteiger partial charge in [0.15, 0.2) is 0 Å². The second kappa shape index (κ2) is 5.92. The van der Waals surface area contributed by atoms with Crippen LogP contribution < -0.4 is 5.73 Å². The lowest BCUT2D eigenvalue weighted by Crippen LogP contribution is -2.36. The van der Waals surface area contributed by atoms with Crippen molar-refractivity contribution in [1.29, 1.82) is 0 Å². The van der Waals surface area contributed by atoms with Crippen LogP contribution in [0.3, 0.4) is 0 Å². The van der Waals surface area contributed by atoms with Crippen molar-refractivity contribution in [3.8, 4) is 0 Å². The fourth-order valence-corrected chi connectivity index (χ4v) is 1.44. The zero-order valence-electron chi connectivity index (χ0n) is 9.77. The highest BCUT2D eigenvalue weighted by Gasteiger charge is 2.15. The van der Waals surface area contributed by atoms with Crippen LogP contribution in [0.25, 0.3) is 0 Å². The highest BCUT2D eigenvalue weighted by Crippen LogP contribution is 2.01. The molecule has 6 nitrogen and oxygen atoms in total. The van der Waals surface area contributed by atoms with Crippen LogP contribution in [0.1, 0.15) is 5.56 Å². The average Bonchev–Trinajstić information content (AvgIpc) is 2.90. The SMILES string of the molecule is NC(Cn1cncn1)C(=O)OCc1ccccc1. The minimum atomic E-state index is -0.740. The lowest BCUT2D eigenvalue weighted by Gasteiger charge is -2.11. The molecule has 0 spiro atoms. The van der Waals surface area contributed by atoms with Crippen LogP contribution in [-0.4, -0.2) is 26.8 Å². The molecule has 6 heteroatoms. The molecule has 0 fully saturated rings. The molecule has 1 aromatic carbocycles. The minimum absolute atomic E-state index is 0.227. The van der Waals surface area contributed by atoms with Gasteiger partial charge in [-0.1, -0.05) is 30.3 Å². The number of hydrogen-bond donors (Lipinski definition) is 1. The first-order valence-corrected chi connectivity index (χ1v) is 5.54. The van der Waals surface area contributed by atoms with E-state index >= 15 is 0 Å². The van der Waals surface area contributed by atoms with E-state index in [9.17, 15) is 4.79 Å². The van der Waals surface area contributed by atoms with Gasteiger partial charge in [0.2, 0.25) is 0 Å². The molecule has 1 heterocycles. The van der Waals surface area contributed by atoms with Gasteiger partial charge in [-0.3, -0.25) is 9.48 Å². The van der Waals surface area contributed by atoms with Crippen LogP contribution in [0, 0.1) is 0 Å². The first-order chi connectivity index (χ1) is 8.75. The first kappa shape index (κ1) is 12.3. The largest absolute Gasteiger partial charge is 0.460 e. The van der Waals surface area contributed by atoms with Gasteiger partial charge in [0.25, 0.3) is 0 Å². The molecule has 2 aromatic rings. The van der Waals surface area contributed by atoms with Crippen LogP contribution in [-0.2, 0) is 22.7 Å². The third kappa shape index (κ3) is 3.39. The van der Waals surface area contributed by atoms with E-state index in [1.807, 2.05) is 30.3 Å². The number of aromatic nitrogens is 3. The normalized spacial score (nSPS) is 12.1. The fraction of sp³-hybridized carbons (Fsp3) is 0.250. The Kier molecular flexibility index (Phi) is 4.03. The molecular weight excluding hydrogens is 232 g/mol. The monoisotopic (exact) mass is 246 g/mol. The quantitative estimate of drug-likeness (QED) is 0.769. The summed E-state index contributed by atoms with van der Waals surface area (Å²) >= 11 is 0. The highest BCUT2D eigenvalue weighted by atomic mass is 16.5. The van der Waals surface area contributed by atoms with Crippen molar-refractivity contribution in [2.24, 2.45) is 5.73 Å². The molecule has 0 aliphatic rings. The van der Waals surface area contributed by atoms with Crippen LogP contribution in [0.4, 0.5) is 0 Å². The molecule has 1 aromatic heterocycles. The molecule has 0 saturated heterocycles. The van der Waals surface area contributed by atoms with Gasteiger partial charge >= 0.3 is 5.97 Å². The van der Waals surface area contributed by atoms with Crippen LogP contribution in [0.5, 0.6) is 0 Å². The van der Waals surface area contributed by atoms with Crippen LogP contribution in [0.15, 0.2) is 43.0 Å². The number of benzene rings is 1. The van der Waals surface area contributed by atoms with Crippen molar-refractivity contribution in [2.45, 2.75) is 19.2 Å². The summed E-state index contributed by atoms with van der Waals surface area (Å²) in [6.07, 6.45) is 2.90. The Morgan fingerprint density at radius 1 is 1.39 bits per heavy atom. The Bertz CT molecular complexity index is 484. The minimum Gasteiger partial charge on any atom is -0.460 e. The van der Waals surface area contributed by atoms with Crippen molar-refractivity contribution >= 4 is 5.97 Å². The number of nitrogens with two attached hydrogens (primary N) is 1. The molecule has 0 amide bonds. The zero-order chi connectivity index (χ0) is 12.8. The number of esters is 1. The van der Waals surface area contributed by atoms with Gasteiger partial charge in [0, 0.05) is 0 Å². The van der Waals surface area contributed by atoms with Crippen LogP contribution in [0.2, 0.25) is 0 Å². The Balaban J connectivity index is 1.81. The summed E-state index contributed by atoms with van der Waals surface area (Å²) in [5.74, 6) is -0.450. The molecule has 0 aliphatic carbocycles. The van der Waals surface area contributed by atoms with E-state index in [0.29, 0.717) is 0 Å². The van der Waals surface area contributed by atoms with Gasteiger partial charge in [-0.25, -0.2) is 4.98 Å². The summed E-state index contributed by atoms with van der Waals surface area (Å²) in [5.41, 5.74) is 6.64. The number of nitrogens with zero attached hydrogens (tertiary/aromatic N) is 3. The third-order valence-corrected chi connectivity index (χ3v) is 2.38. The lowest BCUT2D eigenvalue weighted by molar-refractivity contribution is -0.146. The van der Waals surface area contributed by atoms with Crippen LogP contribution >= 0.6 is 0 Å². The Hall–Kier alpha value is -2.21. The maximum atomic E-state index is 11.6. The van der Waals surface area contributed by atoms with E-state index < -0.39 is 12.0 Å². The van der Waals surface area contributed by atoms with E-state index in [2.05, 4.69) is 10.1 Å². The van der Waals surface area contributed by atoms with Crippen molar-refractivity contribution in [3.63, 3.8) is 0 Å². The standard InChI is InChI=1S/C12H14N4O2/c13-11(6-16-9-14-8-15-16)12(17)18-7-10-4-2-1-3-5-10/h1-5,8-9,11H,6-7,13H2. The maximum Gasteiger partial charge on any atom is 0.325 e. The first-order valence-electron chi connectivity index (χ1n) is 5.54. The molecule has 2 N–H and O–H groups in total. The van der Waals surface area contributed by atoms with Crippen molar-refractivity contribution in [3.05, 3.63) is 48.5 Å². The van der Waals surface area contributed by atoms with E-state index in [-0.39, 0.29) is 13.2 Å². The molecule has 0 radical (unpaired) electrons.